The number of benzene rings is 2. The van der Waals surface area contributed by atoms with Gasteiger partial charge in [-0.25, -0.2) is 4.99 Å². The summed E-state index contributed by atoms with van der Waals surface area (Å²) < 4.78 is 0. The number of nitrogens with one attached hydrogen (secondary N) is 1. The molecule has 5 nitrogen and oxygen atoms in total. The van der Waals surface area contributed by atoms with Gasteiger partial charge in [0, 0.05) is 44.2 Å². The van der Waals surface area contributed by atoms with E-state index in [-0.39, 0.29) is 0 Å². The summed E-state index contributed by atoms with van der Waals surface area (Å²) >= 11 is 0. The first-order valence-corrected chi connectivity index (χ1v) is 10.9. The van der Waals surface area contributed by atoms with Gasteiger partial charge in [-0.15, -0.1) is 0 Å². The van der Waals surface area contributed by atoms with E-state index in [9.17, 15) is 5.11 Å². The maximum Gasteiger partial charge on any atom is 0.198 e. The van der Waals surface area contributed by atoms with Crippen LogP contribution >= 0.6 is 0 Å². The zero-order chi connectivity index (χ0) is 20.1. The third-order valence-electron chi connectivity index (χ3n) is 6.06. The van der Waals surface area contributed by atoms with Gasteiger partial charge in [-0.1, -0.05) is 30.3 Å². The molecule has 154 valence electrons. The second-order valence-electron chi connectivity index (χ2n) is 7.98. The van der Waals surface area contributed by atoms with E-state index >= 15 is 0 Å². The number of para-hydroxylation sites is 1. The van der Waals surface area contributed by atoms with Crippen LogP contribution in [0.15, 0.2) is 53.5 Å². The molecule has 2 aliphatic heterocycles. The normalized spacial score (nSPS) is 17.5. The Kier molecular flexibility index (Phi) is 6.35. The van der Waals surface area contributed by atoms with Gasteiger partial charge < -0.3 is 20.2 Å². The minimum absolute atomic E-state index is 0.320. The van der Waals surface area contributed by atoms with Crippen LogP contribution < -0.4 is 15.1 Å². The molecular formula is C24H32N4O. The van der Waals surface area contributed by atoms with Gasteiger partial charge in [0.1, 0.15) is 0 Å². The summed E-state index contributed by atoms with van der Waals surface area (Å²) in [7, 11) is 0. The maximum absolute atomic E-state index is 9.32. The van der Waals surface area contributed by atoms with Crippen molar-refractivity contribution in [2.24, 2.45) is 10.9 Å². The van der Waals surface area contributed by atoms with Crippen molar-refractivity contribution in [3.63, 3.8) is 0 Å². The average molecular weight is 393 g/mol. The van der Waals surface area contributed by atoms with Crippen LogP contribution in [0, 0.1) is 5.92 Å². The Labute approximate surface area is 174 Å². The number of guanidine groups is 1. The smallest absolute Gasteiger partial charge is 0.198 e. The first kappa shape index (κ1) is 19.8. The van der Waals surface area contributed by atoms with Gasteiger partial charge in [-0.05, 0) is 61.4 Å². The Balaban J connectivity index is 1.42. The maximum atomic E-state index is 9.32. The lowest BCUT2D eigenvalue weighted by molar-refractivity contribution is 0.203. The highest BCUT2D eigenvalue weighted by Gasteiger charge is 2.22. The van der Waals surface area contributed by atoms with E-state index in [0.29, 0.717) is 19.1 Å². The van der Waals surface area contributed by atoms with Gasteiger partial charge in [0.05, 0.1) is 6.54 Å². The fourth-order valence-electron chi connectivity index (χ4n) is 4.31. The molecule has 1 fully saturated rings. The lowest BCUT2D eigenvalue weighted by Gasteiger charge is -2.32. The Hall–Kier alpha value is -2.53. The van der Waals surface area contributed by atoms with Gasteiger partial charge in [0.25, 0.3) is 0 Å². The summed E-state index contributed by atoms with van der Waals surface area (Å²) in [4.78, 5) is 9.64. The number of hydrogen-bond donors (Lipinski definition) is 2. The van der Waals surface area contributed by atoms with Gasteiger partial charge in [-0.3, -0.25) is 0 Å². The van der Waals surface area contributed by atoms with Crippen LogP contribution in [0.4, 0.5) is 11.4 Å². The topological polar surface area (TPSA) is 51.1 Å². The quantitative estimate of drug-likeness (QED) is 0.605. The van der Waals surface area contributed by atoms with E-state index in [1.54, 1.807) is 0 Å². The molecule has 0 saturated carbocycles. The summed E-state index contributed by atoms with van der Waals surface area (Å²) in [5, 5.41) is 12.8. The highest BCUT2D eigenvalue weighted by Crippen LogP contribution is 2.28. The lowest BCUT2D eigenvalue weighted by atomic mass is 9.97. The van der Waals surface area contributed by atoms with Crippen LogP contribution in [0.1, 0.15) is 30.9 Å². The molecular weight excluding hydrogens is 360 g/mol. The van der Waals surface area contributed by atoms with Crippen LogP contribution in [0.25, 0.3) is 0 Å². The predicted octanol–water partition coefficient (Wildman–Crippen LogP) is 3.42. The minimum atomic E-state index is 0.320. The van der Waals surface area contributed by atoms with E-state index in [1.165, 1.54) is 22.5 Å². The van der Waals surface area contributed by atoms with Crippen molar-refractivity contribution in [1.82, 2.24) is 5.32 Å². The summed E-state index contributed by atoms with van der Waals surface area (Å²) in [6.07, 6.45) is 3.22. The minimum Gasteiger partial charge on any atom is -0.396 e. The molecule has 5 heteroatoms. The molecule has 1 saturated heterocycles. The molecule has 2 aromatic rings. The fraction of sp³-hybridized carbons (Fsp3) is 0.458. The Morgan fingerprint density at radius 3 is 2.55 bits per heavy atom. The summed E-state index contributed by atoms with van der Waals surface area (Å²) in [5.41, 5.74) is 5.16. The molecule has 2 heterocycles. The number of hydrogen-bond acceptors (Lipinski definition) is 3. The Bertz CT molecular complexity index is 825. The Morgan fingerprint density at radius 1 is 1.07 bits per heavy atom. The van der Waals surface area contributed by atoms with Crippen molar-refractivity contribution in [2.75, 3.05) is 42.6 Å². The van der Waals surface area contributed by atoms with Crippen LogP contribution in [-0.4, -0.2) is 43.9 Å². The molecule has 0 aliphatic carbocycles. The predicted molar refractivity (Wildman–Crippen MR) is 121 cm³/mol. The largest absolute Gasteiger partial charge is 0.396 e. The van der Waals surface area contributed by atoms with Crippen LogP contribution in [0.5, 0.6) is 0 Å². The molecule has 2 N–H and O–H groups in total. The molecule has 0 unspecified atom stereocenters. The number of aliphatic hydroxyl groups is 1. The SMILES string of the molecule is CCNC(=NCc1ccc(N2CCC(CO)CC2)cc1)N1CCc2ccccc21. The van der Waals surface area contributed by atoms with Crippen molar-refractivity contribution in [2.45, 2.75) is 32.7 Å². The van der Waals surface area contributed by atoms with E-state index in [2.05, 4.69) is 70.6 Å². The van der Waals surface area contributed by atoms with E-state index in [1.807, 2.05) is 0 Å². The summed E-state index contributed by atoms with van der Waals surface area (Å²) in [5.74, 6) is 1.44. The molecule has 0 aromatic heterocycles. The lowest BCUT2D eigenvalue weighted by Crippen LogP contribution is -2.40. The van der Waals surface area contributed by atoms with E-state index < -0.39 is 0 Å². The Morgan fingerprint density at radius 2 is 1.83 bits per heavy atom. The number of rotatable bonds is 5. The molecule has 2 aromatic carbocycles. The molecule has 0 radical (unpaired) electrons. The number of anilines is 2. The number of aliphatic imine (C=N–C) groups is 1. The van der Waals surface area contributed by atoms with Crippen LogP contribution in [0.3, 0.4) is 0 Å². The number of fused-ring (bicyclic) bond motifs is 1. The van der Waals surface area contributed by atoms with E-state index in [0.717, 1.165) is 51.4 Å². The van der Waals surface area contributed by atoms with Crippen LogP contribution in [-0.2, 0) is 13.0 Å². The summed E-state index contributed by atoms with van der Waals surface area (Å²) in [6, 6.07) is 17.4. The molecule has 2 aliphatic rings. The average Bonchev–Trinajstić information content (AvgIpc) is 3.21. The monoisotopic (exact) mass is 392 g/mol. The van der Waals surface area contributed by atoms with Crippen molar-refractivity contribution in [3.05, 3.63) is 59.7 Å². The van der Waals surface area contributed by atoms with Crippen molar-refractivity contribution in [1.29, 1.82) is 0 Å². The fourth-order valence-corrected chi connectivity index (χ4v) is 4.31. The zero-order valence-electron chi connectivity index (χ0n) is 17.3. The second kappa shape index (κ2) is 9.31. The van der Waals surface area contributed by atoms with Gasteiger partial charge in [0.15, 0.2) is 5.96 Å². The van der Waals surface area contributed by atoms with Gasteiger partial charge in [-0.2, -0.15) is 0 Å². The van der Waals surface area contributed by atoms with Gasteiger partial charge >= 0.3 is 0 Å². The molecule has 29 heavy (non-hydrogen) atoms. The van der Waals surface area contributed by atoms with Crippen molar-refractivity contribution in [3.8, 4) is 0 Å². The van der Waals surface area contributed by atoms with Gasteiger partial charge in [0.2, 0.25) is 0 Å². The first-order chi connectivity index (χ1) is 14.3. The third-order valence-corrected chi connectivity index (χ3v) is 6.06. The third kappa shape index (κ3) is 4.56. The first-order valence-electron chi connectivity index (χ1n) is 10.9. The molecule has 0 spiro atoms. The van der Waals surface area contributed by atoms with Crippen molar-refractivity contribution >= 4 is 17.3 Å². The molecule has 4 rings (SSSR count). The standard InChI is InChI=1S/C24H32N4O/c1-2-25-24(28-16-13-21-5-3-4-6-23(21)28)26-17-19-7-9-22(10-8-19)27-14-11-20(18-29)12-15-27/h3-10,20,29H,2,11-18H2,1H3,(H,25,26). The van der Waals surface area contributed by atoms with Crippen LogP contribution in [0.2, 0.25) is 0 Å². The highest BCUT2D eigenvalue weighted by atomic mass is 16.3. The number of aliphatic hydroxyl groups excluding tert-OH is 1. The molecule has 0 atom stereocenters. The summed E-state index contributed by atoms with van der Waals surface area (Å²) in [6.45, 7) is 7.01. The molecule has 0 amide bonds. The highest BCUT2D eigenvalue weighted by molar-refractivity contribution is 5.97. The van der Waals surface area contributed by atoms with E-state index in [4.69, 9.17) is 4.99 Å². The molecule has 0 bridgehead atoms. The number of piperidine rings is 1. The second-order valence-corrected chi connectivity index (χ2v) is 7.98. The number of nitrogens with zero attached hydrogens (tertiary/aromatic N) is 3. The zero-order valence-corrected chi connectivity index (χ0v) is 17.3. The van der Waals surface area contributed by atoms with Crippen molar-refractivity contribution < 1.29 is 5.11 Å².